The van der Waals surface area contributed by atoms with E-state index in [0.29, 0.717) is 24.4 Å². The van der Waals surface area contributed by atoms with Crippen LogP contribution in [0.15, 0.2) is 39.8 Å². The molecule has 6 atom stereocenters. The molecule has 11 heteroatoms. The van der Waals surface area contributed by atoms with Gasteiger partial charge in [-0.15, -0.1) is 23.5 Å². The van der Waals surface area contributed by atoms with Gasteiger partial charge in [-0.2, -0.15) is 0 Å². The van der Waals surface area contributed by atoms with Crippen molar-refractivity contribution in [1.82, 2.24) is 15.1 Å². The van der Waals surface area contributed by atoms with Gasteiger partial charge >= 0.3 is 12.1 Å². The molecule has 0 radical (unpaired) electrons. The lowest BCUT2D eigenvalue weighted by molar-refractivity contribution is -0.163. The van der Waals surface area contributed by atoms with Gasteiger partial charge in [0.25, 0.3) is 0 Å². The van der Waals surface area contributed by atoms with E-state index in [1.165, 1.54) is 21.6 Å². The second-order valence-electron chi connectivity index (χ2n) is 9.36. The first-order valence-electron chi connectivity index (χ1n) is 11.6. The Hall–Kier alpha value is -2.21. The molecule has 2 fully saturated rings. The van der Waals surface area contributed by atoms with E-state index in [1.807, 2.05) is 13.2 Å². The lowest BCUT2D eigenvalue weighted by Gasteiger charge is -2.46. The van der Waals surface area contributed by atoms with Crippen molar-refractivity contribution >= 4 is 41.5 Å². The summed E-state index contributed by atoms with van der Waals surface area (Å²) in [6.45, 7) is 5.10. The largest absolute Gasteiger partial charge is 0.477 e. The normalized spacial score (nSPS) is 29.2. The molecule has 3 aliphatic heterocycles. The predicted molar refractivity (Wildman–Crippen MR) is 134 cm³/mol. The average molecular weight is 522 g/mol. The first-order valence-corrected chi connectivity index (χ1v) is 13.7. The van der Waals surface area contributed by atoms with E-state index >= 15 is 0 Å². The number of hydrogen-bond acceptors (Lipinski definition) is 7. The summed E-state index contributed by atoms with van der Waals surface area (Å²) in [6.07, 6.45) is 0.804. The van der Waals surface area contributed by atoms with Crippen molar-refractivity contribution < 1.29 is 29.7 Å². The van der Waals surface area contributed by atoms with Gasteiger partial charge in [0.2, 0.25) is 5.91 Å². The molecule has 4 N–H and O–H groups in total. The number of fused-ring (bicyclic) bond motifs is 1. The Labute approximate surface area is 212 Å². The number of nitrogens with one attached hydrogen (secondary N) is 1. The molecule has 0 bridgehead atoms. The maximum absolute atomic E-state index is 12.6. The van der Waals surface area contributed by atoms with Crippen molar-refractivity contribution in [3.05, 3.63) is 40.4 Å². The fourth-order valence-corrected chi connectivity index (χ4v) is 7.46. The topological polar surface area (TPSA) is 130 Å². The predicted octanol–water partition coefficient (Wildman–Crippen LogP) is 2.51. The first kappa shape index (κ1) is 25.9. The molecular weight excluding hydrogens is 490 g/mol. The Bertz CT molecular complexity index is 1030. The smallest absolute Gasteiger partial charge is 0.404 e. The van der Waals surface area contributed by atoms with Crippen molar-refractivity contribution in [3.8, 4) is 0 Å². The second kappa shape index (κ2) is 10.4. The summed E-state index contributed by atoms with van der Waals surface area (Å²) in [7, 11) is 0. The number of carboxylic acid groups (broad SMARTS) is 2. The average Bonchev–Trinajstić information content (AvgIpc) is 3.29. The highest BCUT2D eigenvalue weighted by Crippen LogP contribution is 2.52. The number of thioether (sulfide) groups is 2. The lowest BCUT2D eigenvalue weighted by Crippen LogP contribution is -2.63. The molecule has 0 saturated carbocycles. The van der Waals surface area contributed by atoms with E-state index in [9.17, 15) is 24.6 Å². The van der Waals surface area contributed by atoms with Crippen LogP contribution in [0, 0.1) is 11.8 Å². The molecular formula is C24H31N3O6S2. The van der Waals surface area contributed by atoms with Crippen LogP contribution >= 0.6 is 23.5 Å². The van der Waals surface area contributed by atoms with Crippen LogP contribution in [0.5, 0.6) is 0 Å². The zero-order valence-corrected chi connectivity index (χ0v) is 21.5. The maximum atomic E-state index is 12.6. The quantitative estimate of drug-likeness (QED) is 0.286. The molecule has 1 aromatic carbocycles. The number of likely N-dealkylation sites (tertiary alicyclic amines) is 1. The number of nitrogens with zero attached hydrogens (tertiary/aromatic N) is 2. The van der Waals surface area contributed by atoms with Gasteiger partial charge in [-0.3, -0.25) is 9.69 Å². The summed E-state index contributed by atoms with van der Waals surface area (Å²) in [5.41, 5.74) is 1.16. The van der Waals surface area contributed by atoms with Gasteiger partial charge in [-0.05, 0) is 37.3 Å². The highest BCUT2D eigenvalue weighted by atomic mass is 32.2. The fraction of sp³-hybridized carbons (Fsp3) is 0.542. The molecule has 2 saturated heterocycles. The molecule has 35 heavy (non-hydrogen) atoms. The Balaban J connectivity index is 1.52. The molecule has 3 aliphatic rings. The summed E-state index contributed by atoms with van der Waals surface area (Å²) >= 11 is 3.16. The third-order valence-electron chi connectivity index (χ3n) is 7.13. The van der Waals surface area contributed by atoms with Crippen LogP contribution in [-0.2, 0) is 16.1 Å². The minimum absolute atomic E-state index is 0.0284. The van der Waals surface area contributed by atoms with E-state index in [-0.39, 0.29) is 41.4 Å². The summed E-state index contributed by atoms with van der Waals surface area (Å²) < 4.78 is 0. The first-order chi connectivity index (χ1) is 16.6. The number of benzene rings is 1. The van der Waals surface area contributed by atoms with Crippen LogP contribution in [0.25, 0.3) is 0 Å². The van der Waals surface area contributed by atoms with Crippen molar-refractivity contribution in [2.45, 2.75) is 55.1 Å². The van der Waals surface area contributed by atoms with E-state index in [0.717, 1.165) is 5.56 Å². The maximum Gasteiger partial charge on any atom is 0.404 e. The van der Waals surface area contributed by atoms with Gasteiger partial charge in [-0.25, -0.2) is 9.59 Å². The highest BCUT2D eigenvalue weighted by Gasteiger charge is 2.60. The van der Waals surface area contributed by atoms with Gasteiger partial charge in [0.1, 0.15) is 5.70 Å². The monoisotopic (exact) mass is 521 g/mol. The summed E-state index contributed by atoms with van der Waals surface area (Å²) in [6, 6.07) is 7.91. The van der Waals surface area contributed by atoms with E-state index in [1.54, 1.807) is 18.7 Å². The Kier molecular flexibility index (Phi) is 7.70. The number of carbonyl (C=O) groups is 3. The van der Waals surface area contributed by atoms with Gasteiger partial charge in [0.05, 0.1) is 18.1 Å². The zero-order valence-electron chi connectivity index (χ0n) is 19.9. The fourth-order valence-electron chi connectivity index (χ4n) is 5.46. The standard InChI is InChI=1S/C24H31N3O6S2/c1-12-19-18(13(2)28)22(29)27(19)20(23(30)31)21(12)35-17-8-15(9-25-24(32)33)26(11-17)10-14-4-6-16(34-3)7-5-14/h4-7,12-13,15,17-19,25,28H,8-11H2,1-3H3,(H,30,31)(H,32,33). The summed E-state index contributed by atoms with van der Waals surface area (Å²) in [4.78, 5) is 41.3. The van der Waals surface area contributed by atoms with Crippen molar-refractivity contribution in [3.63, 3.8) is 0 Å². The Morgan fingerprint density at radius 3 is 2.49 bits per heavy atom. The molecule has 190 valence electrons. The molecule has 6 unspecified atom stereocenters. The van der Waals surface area contributed by atoms with Crippen LogP contribution in [-0.4, -0.2) is 85.9 Å². The van der Waals surface area contributed by atoms with Crippen molar-refractivity contribution in [2.24, 2.45) is 11.8 Å². The van der Waals surface area contributed by atoms with Crippen LogP contribution in [0.4, 0.5) is 4.79 Å². The number of amides is 2. The van der Waals surface area contributed by atoms with Gasteiger partial charge in [-0.1, -0.05) is 19.1 Å². The van der Waals surface area contributed by atoms with Crippen LogP contribution < -0.4 is 5.32 Å². The molecule has 0 aliphatic carbocycles. The molecule has 1 aromatic rings. The minimum Gasteiger partial charge on any atom is -0.477 e. The van der Waals surface area contributed by atoms with Crippen molar-refractivity contribution in [1.29, 1.82) is 0 Å². The minimum atomic E-state index is -1.13. The Morgan fingerprint density at radius 2 is 1.91 bits per heavy atom. The second-order valence-corrected chi connectivity index (χ2v) is 11.6. The molecule has 4 rings (SSSR count). The Morgan fingerprint density at radius 1 is 1.23 bits per heavy atom. The third-order valence-corrected chi connectivity index (χ3v) is 9.37. The molecule has 3 heterocycles. The summed E-state index contributed by atoms with van der Waals surface area (Å²) in [5, 5.41) is 31.6. The van der Waals surface area contributed by atoms with Crippen LogP contribution in [0.3, 0.4) is 0 Å². The number of hydrogen-bond donors (Lipinski definition) is 4. The van der Waals surface area contributed by atoms with Crippen molar-refractivity contribution in [2.75, 3.05) is 19.3 Å². The van der Waals surface area contributed by atoms with Gasteiger partial charge in [0, 0.05) is 46.6 Å². The SMILES string of the molecule is CSc1ccc(CN2CC(SC3=C(C(=O)O)N4C(=O)C(C(C)O)C4C3C)CC2CNC(=O)O)cc1. The summed E-state index contributed by atoms with van der Waals surface area (Å²) in [5.74, 6) is -2.25. The molecule has 9 nitrogen and oxygen atoms in total. The lowest BCUT2D eigenvalue weighted by atomic mass is 9.79. The highest BCUT2D eigenvalue weighted by molar-refractivity contribution is 8.03. The number of carboxylic acids is 1. The van der Waals surface area contributed by atoms with Gasteiger partial charge in [0.15, 0.2) is 0 Å². The number of aliphatic hydroxyl groups is 1. The number of β-lactam (4-membered cyclic amide) rings is 1. The number of aliphatic carboxylic acids is 1. The van der Waals surface area contributed by atoms with Crippen LogP contribution in [0.1, 0.15) is 25.8 Å². The molecule has 0 aromatic heterocycles. The van der Waals surface area contributed by atoms with Crippen LogP contribution in [0.2, 0.25) is 0 Å². The number of aliphatic hydroxyl groups excluding tert-OH is 1. The third kappa shape index (κ3) is 5.04. The van der Waals surface area contributed by atoms with E-state index in [2.05, 4.69) is 34.5 Å². The molecule has 2 amide bonds. The zero-order chi connectivity index (χ0) is 25.4. The number of rotatable bonds is 9. The number of carbonyl (C=O) groups excluding carboxylic acids is 1. The van der Waals surface area contributed by atoms with Gasteiger partial charge < -0.3 is 25.5 Å². The van der Waals surface area contributed by atoms with E-state index in [4.69, 9.17) is 5.11 Å². The van der Waals surface area contributed by atoms with E-state index < -0.39 is 24.1 Å². The molecule has 0 spiro atoms.